The van der Waals surface area contributed by atoms with Gasteiger partial charge in [0.25, 0.3) is 5.89 Å². The third kappa shape index (κ3) is 2.73. The highest BCUT2D eigenvalue weighted by Gasteiger charge is 2.13. The maximum Gasteiger partial charge on any atom is 0.268 e. The van der Waals surface area contributed by atoms with E-state index in [1.807, 2.05) is 43.3 Å². The van der Waals surface area contributed by atoms with Crippen LogP contribution in [0, 0.1) is 0 Å². The smallest absolute Gasteiger partial charge is 0.268 e. The third-order valence-corrected chi connectivity index (χ3v) is 3.10. The highest BCUT2D eigenvalue weighted by molar-refractivity contribution is 5.62. The molecule has 0 saturated heterocycles. The van der Waals surface area contributed by atoms with Crippen molar-refractivity contribution in [3.63, 3.8) is 0 Å². The zero-order valence-electron chi connectivity index (χ0n) is 12.5. The van der Waals surface area contributed by atoms with E-state index in [9.17, 15) is 0 Å². The lowest BCUT2D eigenvalue weighted by atomic mass is 10.2. The van der Waals surface area contributed by atoms with Crippen LogP contribution < -0.4 is 9.64 Å². The maximum atomic E-state index is 5.68. The highest BCUT2D eigenvalue weighted by atomic mass is 16.5. The van der Waals surface area contributed by atoms with Crippen LogP contribution in [0.15, 0.2) is 40.8 Å². The zero-order valence-corrected chi connectivity index (χ0v) is 12.5. The van der Waals surface area contributed by atoms with E-state index >= 15 is 0 Å². The van der Waals surface area contributed by atoms with Crippen molar-refractivity contribution in [1.29, 1.82) is 0 Å². The van der Waals surface area contributed by atoms with Crippen LogP contribution >= 0.6 is 0 Å². The number of benzene rings is 1. The number of rotatable bonds is 4. The molecule has 0 atom stereocenters. The van der Waals surface area contributed by atoms with Gasteiger partial charge in [-0.1, -0.05) is 6.07 Å². The Labute approximate surface area is 127 Å². The Balaban J connectivity index is 1.91. The lowest BCUT2D eigenvalue weighted by Gasteiger charge is -2.12. The Hall–Kier alpha value is -2.96. The van der Waals surface area contributed by atoms with Crippen LogP contribution in [0.3, 0.4) is 0 Å². The molecule has 0 aliphatic carbocycles. The van der Waals surface area contributed by atoms with E-state index in [2.05, 4.69) is 20.4 Å². The molecule has 112 valence electrons. The summed E-state index contributed by atoms with van der Waals surface area (Å²) >= 11 is 0. The quantitative estimate of drug-likeness (QED) is 0.731. The summed E-state index contributed by atoms with van der Waals surface area (Å²) in [6.07, 6.45) is 0. The minimum absolute atomic E-state index is 0.320. The van der Waals surface area contributed by atoms with Crippen LogP contribution in [0.1, 0.15) is 0 Å². The molecule has 7 nitrogen and oxygen atoms in total. The molecule has 0 amide bonds. The molecule has 2 heterocycles. The maximum absolute atomic E-state index is 5.68. The molecule has 0 radical (unpaired) electrons. The van der Waals surface area contributed by atoms with Gasteiger partial charge in [0.2, 0.25) is 11.8 Å². The predicted octanol–water partition coefficient (Wildman–Crippen LogP) is 2.27. The monoisotopic (exact) mass is 297 g/mol. The van der Waals surface area contributed by atoms with Crippen LogP contribution in [0.5, 0.6) is 5.88 Å². The van der Waals surface area contributed by atoms with Crippen molar-refractivity contribution in [2.75, 3.05) is 26.1 Å². The molecule has 22 heavy (non-hydrogen) atoms. The van der Waals surface area contributed by atoms with Crippen LogP contribution in [0.25, 0.3) is 23.0 Å². The Morgan fingerprint density at radius 2 is 1.77 bits per heavy atom. The van der Waals surface area contributed by atoms with Gasteiger partial charge in [0, 0.05) is 31.4 Å². The third-order valence-electron chi connectivity index (χ3n) is 3.10. The first-order valence-corrected chi connectivity index (χ1v) is 6.67. The second-order valence-electron chi connectivity index (χ2n) is 4.82. The fourth-order valence-corrected chi connectivity index (χ4v) is 1.90. The topological polar surface area (TPSA) is 77.2 Å². The van der Waals surface area contributed by atoms with Gasteiger partial charge in [0.05, 0.1) is 7.11 Å². The Bertz CT molecular complexity index is 768. The number of nitrogens with zero attached hydrogens (tertiary/aromatic N) is 5. The normalized spacial score (nSPS) is 10.5. The largest absolute Gasteiger partial charge is 0.480 e. The number of hydrogen-bond acceptors (Lipinski definition) is 7. The standard InChI is InChI=1S/C15H15N5O2/c1-20(2)11-6-4-5-10(9-11)14-18-19-15(22-14)12-7-8-13(21-3)17-16-12/h4-9H,1-3H3. The van der Waals surface area contributed by atoms with E-state index in [0.717, 1.165) is 11.3 Å². The molecule has 2 aromatic heterocycles. The number of ether oxygens (including phenoxy) is 1. The summed E-state index contributed by atoms with van der Waals surface area (Å²) < 4.78 is 10.7. The second kappa shape index (κ2) is 5.80. The van der Waals surface area contributed by atoms with Crippen molar-refractivity contribution < 1.29 is 9.15 Å². The summed E-state index contributed by atoms with van der Waals surface area (Å²) in [6.45, 7) is 0. The Morgan fingerprint density at radius 1 is 0.955 bits per heavy atom. The molecular formula is C15H15N5O2. The second-order valence-corrected chi connectivity index (χ2v) is 4.82. The average Bonchev–Trinajstić information content (AvgIpc) is 3.05. The van der Waals surface area contributed by atoms with Gasteiger partial charge in [-0.2, -0.15) is 0 Å². The molecule has 0 unspecified atom stereocenters. The molecule has 0 saturated carbocycles. The van der Waals surface area contributed by atoms with Crippen LogP contribution in [-0.2, 0) is 0 Å². The first-order chi connectivity index (χ1) is 10.7. The molecule has 0 spiro atoms. The highest BCUT2D eigenvalue weighted by Crippen LogP contribution is 2.25. The summed E-state index contributed by atoms with van der Waals surface area (Å²) in [7, 11) is 5.49. The summed E-state index contributed by atoms with van der Waals surface area (Å²) in [6, 6.07) is 11.3. The van der Waals surface area contributed by atoms with E-state index < -0.39 is 0 Å². The lowest BCUT2D eigenvalue weighted by molar-refractivity contribution is 0.392. The van der Waals surface area contributed by atoms with Gasteiger partial charge >= 0.3 is 0 Å². The van der Waals surface area contributed by atoms with E-state index in [-0.39, 0.29) is 0 Å². The first kappa shape index (κ1) is 14.0. The molecule has 0 aliphatic heterocycles. The van der Waals surface area contributed by atoms with Gasteiger partial charge in [-0.25, -0.2) is 0 Å². The molecule has 0 bridgehead atoms. The summed E-state index contributed by atoms with van der Waals surface area (Å²) in [5.74, 6) is 1.19. The van der Waals surface area contributed by atoms with Crippen molar-refractivity contribution >= 4 is 5.69 Å². The fourth-order valence-electron chi connectivity index (χ4n) is 1.90. The Morgan fingerprint density at radius 3 is 2.45 bits per heavy atom. The van der Waals surface area contributed by atoms with Crippen molar-refractivity contribution in [1.82, 2.24) is 20.4 Å². The SMILES string of the molecule is COc1ccc(-c2nnc(-c3cccc(N(C)C)c3)o2)nn1. The fraction of sp³-hybridized carbons (Fsp3) is 0.200. The molecule has 3 aromatic rings. The molecule has 0 aliphatic rings. The predicted molar refractivity (Wildman–Crippen MR) is 81.6 cm³/mol. The van der Waals surface area contributed by atoms with Gasteiger partial charge in [-0.3, -0.25) is 0 Å². The first-order valence-electron chi connectivity index (χ1n) is 6.67. The minimum atomic E-state index is 0.320. The Kier molecular flexibility index (Phi) is 3.69. The van der Waals surface area contributed by atoms with Crippen molar-refractivity contribution in [2.24, 2.45) is 0 Å². The van der Waals surface area contributed by atoms with Crippen molar-refractivity contribution in [3.05, 3.63) is 36.4 Å². The van der Waals surface area contributed by atoms with Gasteiger partial charge in [-0.05, 0) is 24.3 Å². The van der Waals surface area contributed by atoms with Crippen LogP contribution in [0.4, 0.5) is 5.69 Å². The van der Waals surface area contributed by atoms with Gasteiger partial charge in [-0.15, -0.1) is 20.4 Å². The molecule has 0 N–H and O–H groups in total. The van der Waals surface area contributed by atoms with Crippen molar-refractivity contribution in [2.45, 2.75) is 0 Å². The molecule has 1 aromatic carbocycles. The number of hydrogen-bond donors (Lipinski definition) is 0. The van der Waals surface area contributed by atoms with Gasteiger partial charge in [0.1, 0.15) is 0 Å². The molecular weight excluding hydrogens is 282 g/mol. The zero-order chi connectivity index (χ0) is 15.5. The van der Waals surface area contributed by atoms with Gasteiger partial charge in [0.15, 0.2) is 5.69 Å². The van der Waals surface area contributed by atoms with Crippen LogP contribution in [0.2, 0.25) is 0 Å². The molecule has 7 heteroatoms. The molecule has 0 fully saturated rings. The van der Waals surface area contributed by atoms with E-state index in [0.29, 0.717) is 23.4 Å². The van der Waals surface area contributed by atoms with Gasteiger partial charge < -0.3 is 14.1 Å². The summed E-state index contributed by atoms with van der Waals surface area (Å²) in [5, 5.41) is 16.0. The van der Waals surface area contributed by atoms with E-state index in [1.54, 1.807) is 12.1 Å². The van der Waals surface area contributed by atoms with E-state index in [4.69, 9.17) is 9.15 Å². The summed E-state index contributed by atoms with van der Waals surface area (Å²) in [4.78, 5) is 2.01. The van der Waals surface area contributed by atoms with E-state index in [1.165, 1.54) is 7.11 Å². The lowest BCUT2D eigenvalue weighted by Crippen LogP contribution is -2.08. The summed E-state index contributed by atoms with van der Waals surface area (Å²) in [5.41, 5.74) is 2.41. The van der Waals surface area contributed by atoms with Crippen LogP contribution in [-0.4, -0.2) is 41.6 Å². The number of aromatic nitrogens is 4. The minimum Gasteiger partial charge on any atom is -0.480 e. The average molecular weight is 297 g/mol. The number of methoxy groups -OCH3 is 1. The van der Waals surface area contributed by atoms with Crippen molar-refractivity contribution in [3.8, 4) is 28.9 Å². The number of anilines is 1. The molecule has 3 rings (SSSR count).